The maximum absolute atomic E-state index is 14.3. The van der Waals surface area contributed by atoms with E-state index in [0.29, 0.717) is 31.4 Å². The number of nitrogens with one attached hydrogen (secondary N) is 1. The van der Waals surface area contributed by atoms with E-state index in [4.69, 9.17) is 4.74 Å². The number of nitrogens with zero attached hydrogens (tertiary/aromatic N) is 6. The van der Waals surface area contributed by atoms with Crippen LogP contribution < -0.4 is 10.1 Å². The van der Waals surface area contributed by atoms with Crippen LogP contribution in [0.3, 0.4) is 0 Å². The Kier molecular flexibility index (Phi) is 7.23. The van der Waals surface area contributed by atoms with E-state index in [1.54, 1.807) is 12.3 Å². The summed E-state index contributed by atoms with van der Waals surface area (Å²) in [5.74, 6) is 0.472. The largest absolute Gasteiger partial charge is 0.491 e. The molecule has 3 aromatic rings. The number of carbonyl (C=O) groups excluding carboxylic acids is 1. The fourth-order valence-corrected chi connectivity index (χ4v) is 6.47. The van der Waals surface area contributed by atoms with Gasteiger partial charge in [-0.3, -0.25) is 14.7 Å². The summed E-state index contributed by atoms with van der Waals surface area (Å²) in [6, 6.07) is 6.28. The molecule has 2 aromatic heterocycles. The molecule has 1 atom stereocenters. The van der Waals surface area contributed by atoms with Crippen molar-refractivity contribution in [1.29, 1.82) is 0 Å². The lowest BCUT2D eigenvalue weighted by Crippen LogP contribution is -2.56. The number of carbonyl (C=O) groups is 1. The quantitative estimate of drug-likeness (QED) is 0.402. The van der Waals surface area contributed by atoms with Crippen molar-refractivity contribution < 1.29 is 13.9 Å². The van der Waals surface area contributed by atoms with Crippen molar-refractivity contribution in [2.45, 2.75) is 57.3 Å². The number of benzene rings is 1. The van der Waals surface area contributed by atoms with Crippen LogP contribution in [0, 0.1) is 5.82 Å². The van der Waals surface area contributed by atoms with Crippen LogP contribution in [0.4, 0.5) is 10.3 Å². The summed E-state index contributed by atoms with van der Waals surface area (Å²) < 4.78 is 21.8. The SMILES string of the molecule is CCOc1cc([C@H](C)N2CC3(CC3)c3c(CN4CC(N(C)C)C4)cc(Cn4ccnc4NC)cc3C2=O)ncc1F. The molecule has 10 heteroatoms. The third-order valence-corrected chi connectivity index (χ3v) is 9.02. The van der Waals surface area contributed by atoms with Gasteiger partial charge in [0.15, 0.2) is 11.6 Å². The van der Waals surface area contributed by atoms with Crippen molar-refractivity contribution >= 4 is 11.9 Å². The number of rotatable bonds is 10. The first-order valence-corrected chi connectivity index (χ1v) is 14.6. The maximum Gasteiger partial charge on any atom is 0.254 e. The summed E-state index contributed by atoms with van der Waals surface area (Å²) in [5, 5.41) is 3.15. The summed E-state index contributed by atoms with van der Waals surface area (Å²) in [7, 11) is 6.13. The number of hydrogen-bond acceptors (Lipinski definition) is 7. The Balaban J connectivity index is 1.37. The second-order valence-corrected chi connectivity index (χ2v) is 12.0. The van der Waals surface area contributed by atoms with Crippen LogP contribution in [-0.4, -0.2) is 88.6 Å². The Morgan fingerprint density at radius 2 is 1.98 bits per heavy atom. The van der Waals surface area contributed by atoms with Gasteiger partial charge in [0.1, 0.15) is 0 Å². The molecule has 1 aromatic carbocycles. The molecular formula is C31H40FN7O2. The van der Waals surface area contributed by atoms with E-state index in [0.717, 1.165) is 49.6 Å². The van der Waals surface area contributed by atoms with Gasteiger partial charge in [-0.15, -0.1) is 0 Å². The molecule has 0 unspecified atom stereocenters. The average Bonchev–Trinajstić information content (AvgIpc) is 3.55. The van der Waals surface area contributed by atoms with Crippen LogP contribution in [0.1, 0.15) is 65.5 Å². The molecule has 3 aliphatic rings. The number of likely N-dealkylation sites (tertiary alicyclic amines) is 1. The van der Waals surface area contributed by atoms with Crippen molar-refractivity contribution in [3.63, 3.8) is 0 Å². The molecule has 9 nitrogen and oxygen atoms in total. The lowest BCUT2D eigenvalue weighted by atomic mass is 9.80. The second-order valence-electron chi connectivity index (χ2n) is 12.0. The predicted molar refractivity (Wildman–Crippen MR) is 156 cm³/mol. The van der Waals surface area contributed by atoms with E-state index in [1.165, 1.54) is 17.3 Å². The van der Waals surface area contributed by atoms with Crippen LogP contribution in [-0.2, 0) is 18.5 Å². The first kappa shape index (κ1) is 27.7. The summed E-state index contributed by atoms with van der Waals surface area (Å²) >= 11 is 0. The molecule has 6 rings (SSSR count). The first-order chi connectivity index (χ1) is 19.7. The highest BCUT2D eigenvalue weighted by Gasteiger charge is 2.53. The molecule has 2 fully saturated rings. The van der Waals surface area contributed by atoms with E-state index < -0.39 is 5.82 Å². The van der Waals surface area contributed by atoms with Crippen LogP contribution in [0.15, 0.2) is 36.8 Å². The Morgan fingerprint density at radius 1 is 1.20 bits per heavy atom. The first-order valence-electron chi connectivity index (χ1n) is 14.6. The summed E-state index contributed by atoms with van der Waals surface area (Å²) in [6.07, 6.45) is 7.04. The number of fused-ring (bicyclic) bond motifs is 2. The highest BCUT2D eigenvalue weighted by molar-refractivity contribution is 5.98. The molecule has 2 aliphatic heterocycles. The molecule has 1 aliphatic carbocycles. The van der Waals surface area contributed by atoms with Crippen molar-refractivity contribution in [1.82, 2.24) is 29.2 Å². The molecule has 218 valence electrons. The Morgan fingerprint density at radius 3 is 2.66 bits per heavy atom. The zero-order valence-corrected chi connectivity index (χ0v) is 24.7. The number of imidazole rings is 1. The third kappa shape index (κ3) is 5.08. The molecule has 0 radical (unpaired) electrons. The normalized spacial score (nSPS) is 18.9. The van der Waals surface area contributed by atoms with Gasteiger partial charge in [0.05, 0.1) is 31.1 Å². The predicted octanol–water partition coefficient (Wildman–Crippen LogP) is 3.90. The zero-order valence-electron chi connectivity index (χ0n) is 24.7. The fraction of sp³-hybridized carbons (Fsp3) is 0.516. The lowest BCUT2D eigenvalue weighted by molar-refractivity contribution is 0.0555. The van der Waals surface area contributed by atoms with Crippen molar-refractivity contribution in [3.8, 4) is 5.75 Å². The van der Waals surface area contributed by atoms with Crippen LogP contribution in [0.5, 0.6) is 5.75 Å². The van der Waals surface area contributed by atoms with Gasteiger partial charge >= 0.3 is 0 Å². The van der Waals surface area contributed by atoms with Gasteiger partial charge in [-0.2, -0.15) is 0 Å². The number of aromatic nitrogens is 3. The Hall–Kier alpha value is -3.50. The molecule has 1 spiro atoms. The van der Waals surface area contributed by atoms with Crippen molar-refractivity contribution in [2.75, 3.05) is 52.7 Å². The molecule has 1 saturated carbocycles. The van der Waals surface area contributed by atoms with Crippen LogP contribution >= 0.6 is 0 Å². The Bertz CT molecular complexity index is 1440. The van der Waals surface area contributed by atoms with Gasteiger partial charge in [0.2, 0.25) is 5.95 Å². The molecule has 1 amide bonds. The summed E-state index contributed by atoms with van der Waals surface area (Å²) in [6.45, 7) is 8.31. The fourth-order valence-electron chi connectivity index (χ4n) is 6.47. The number of anilines is 1. The zero-order chi connectivity index (χ0) is 28.9. The van der Waals surface area contributed by atoms with Crippen molar-refractivity contribution in [2.24, 2.45) is 0 Å². The average molecular weight is 562 g/mol. The molecule has 41 heavy (non-hydrogen) atoms. The Labute approximate surface area is 241 Å². The molecular weight excluding hydrogens is 521 g/mol. The number of ether oxygens (including phenoxy) is 1. The van der Waals surface area contributed by atoms with E-state index in [1.807, 2.05) is 32.0 Å². The van der Waals surface area contributed by atoms with E-state index in [-0.39, 0.29) is 23.1 Å². The minimum Gasteiger partial charge on any atom is -0.491 e. The van der Waals surface area contributed by atoms with Crippen LogP contribution in [0.2, 0.25) is 0 Å². The van der Waals surface area contributed by atoms with E-state index in [2.05, 4.69) is 55.9 Å². The second kappa shape index (κ2) is 10.7. The summed E-state index contributed by atoms with van der Waals surface area (Å²) in [5.41, 5.74) is 4.94. The standard InChI is InChI=1S/C31H40FN7O2/c1-6-41-27-13-26(35-14-25(27)32)20(2)39-19-31(7-8-31)28-22(16-37-17-23(18-37)36(4)5)11-21(12-24(28)29(39)40)15-38-10-9-34-30(38)33-3/h9-14,20,23H,6-8,15-19H2,1-5H3,(H,33,34)/t20-/m0/s1. The van der Waals surface area contributed by atoms with Crippen molar-refractivity contribution in [3.05, 3.63) is 70.6 Å². The number of pyridine rings is 1. The molecule has 4 heterocycles. The van der Waals surface area contributed by atoms with E-state index in [9.17, 15) is 9.18 Å². The number of amides is 1. The summed E-state index contributed by atoms with van der Waals surface area (Å²) in [4.78, 5) is 29.8. The van der Waals surface area contributed by atoms with Crippen LogP contribution in [0.25, 0.3) is 0 Å². The number of hydrogen-bond donors (Lipinski definition) is 1. The number of halogens is 1. The lowest BCUT2D eigenvalue weighted by Gasteiger charge is -2.44. The van der Waals surface area contributed by atoms with Gasteiger partial charge in [0, 0.05) is 68.7 Å². The van der Waals surface area contributed by atoms with Gasteiger partial charge in [-0.25, -0.2) is 9.37 Å². The number of likely N-dealkylation sites (N-methyl/N-ethyl adjacent to an activating group) is 1. The molecule has 1 N–H and O–H groups in total. The highest BCUT2D eigenvalue weighted by Crippen LogP contribution is 2.55. The topological polar surface area (TPSA) is 78.8 Å². The monoisotopic (exact) mass is 561 g/mol. The minimum atomic E-state index is -0.492. The van der Waals surface area contributed by atoms with Gasteiger partial charge in [0.25, 0.3) is 5.91 Å². The van der Waals surface area contributed by atoms with Gasteiger partial charge in [-0.05, 0) is 63.5 Å². The van der Waals surface area contributed by atoms with Gasteiger partial charge < -0.3 is 24.4 Å². The third-order valence-electron chi connectivity index (χ3n) is 9.02. The highest BCUT2D eigenvalue weighted by atomic mass is 19.1. The minimum absolute atomic E-state index is 0.00598. The molecule has 0 bridgehead atoms. The molecule has 1 saturated heterocycles. The van der Waals surface area contributed by atoms with Gasteiger partial charge in [-0.1, -0.05) is 6.07 Å². The van der Waals surface area contributed by atoms with E-state index >= 15 is 0 Å². The smallest absolute Gasteiger partial charge is 0.254 e. The maximum atomic E-state index is 14.3.